The van der Waals surface area contributed by atoms with Crippen molar-refractivity contribution < 1.29 is 8.42 Å². The van der Waals surface area contributed by atoms with Crippen LogP contribution in [0.15, 0.2) is 0 Å². The van der Waals surface area contributed by atoms with Crippen LogP contribution in [0.25, 0.3) is 0 Å². The zero-order valence-electron chi connectivity index (χ0n) is 9.54. The summed E-state index contributed by atoms with van der Waals surface area (Å²) in [6.07, 6.45) is 6.15. The van der Waals surface area contributed by atoms with Gasteiger partial charge < -0.3 is 5.32 Å². The summed E-state index contributed by atoms with van der Waals surface area (Å²) < 4.78 is 21.9. The van der Waals surface area contributed by atoms with Crippen molar-refractivity contribution in [3.05, 3.63) is 0 Å². The quantitative estimate of drug-likeness (QED) is 0.633. The minimum Gasteiger partial charge on any atom is -0.313 e. The highest BCUT2D eigenvalue weighted by Gasteiger charge is 2.08. The molecule has 0 saturated carbocycles. The number of rotatable bonds is 8. The van der Waals surface area contributed by atoms with Gasteiger partial charge in [-0.2, -0.15) is 0 Å². The van der Waals surface area contributed by atoms with Crippen LogP contribution in [-0.4, -0.2) is 33.0 Å². The van der Waals surface area contributed by atoms with Gasteiger partial charge in [0.1, 0.15) is 9.84 Å². The second-order valence-electron chi connectivity index (χ2n) is 4.01. The lowest BCUT2D eigenvalue weighted by molar-refractivity contribution is 0.536. The van der Waals surface area contributed by atoms with Gasteiger partial charge >= 0.3 is 0 Å². The molecule has 0 aromatic rings. The molecule has 0 rings (SSSR count). The second-order valence-corrected chi connectivity index (χ2v) is 6.19. The van der Waals surface area contributed by atoms with Gasteiger partial charge in [0.05, 0.1) is 5.75 Å². The Morgan fingerprint density at radius 1 is 1.21 bits per heavy atom. The maximum absolute atomic E-state index is 10.9. The molecule has 0 radical (unpaired) electrons. The Bertz CT molecular complexity index is 224. The molecule has 0 saturated heterocycles. The summed E-state index contributed by atoms with van der Waals surface area (Å²) >= 11 is 0. The molecule has 1 atom stereocenters. The Balaban J connectivity index is 3.41. The minimum atomic E-state index is -2.83. The van der Waals surface area contributed by atoms with E-state index < -0.39 is 9.84 Å². The lowest BCUT2D eigenvalue weighted by Crippen LogP contribution is -2.33. The van der Waals surface area contributed by atoms with Crippen LogP contribution in [-0.2, 0) is 9.84 Å². The highest BCUT2D eigenvalue weighted by molar-refractivity contribution is 7.90. The van der Waals surface area contributed by atoms with Gasteiger partial charge in [-0.3, -0.25) is 0 Å². The number of sulfone groups is 1. The fourth-order valence-corrected chi connectivity index (χ4v) is 2.44. The van der Waals surface area contributed by atoms with Crippen molar-refractivity contribution in [2.45, 2.75) is 45.6 Å². The Morgan fingerprint density at radius 3 is 2.36 bits per heavy atom. The van der Waals surface area contributed by atoms with Crippen LogP contribution in [0.1, 0.15) is 39.5 Å². The normalized spacial score (nSPS) is 14.2. The van der Waals surface area contributed by atoms with Crippen molar-refractivity contribution in [2.75, 3.05) is 18.6 Å². The first-order chi connectivity index (χ1) is 6.45. The highest BCUT2D eigenvalue weighted by atomic mass is 32.2. The molecule has 86 valence electrons. The second kappa shape index (κ2) is 7.23. The van der Waals surface area contributed by atoms with Crippen molar-refractivity contribution in [3.63, 3.8) is 0 Å². The number of hydrogen-bond donors (Lipinski definition) is 1. The van der Waals surface area contributed by atoms with Crippen LogP contribution in [0, 0.1) is 0 Å². The first kappa shape index (κ1) is 13.9. The molecule has 0 aliphatic carbocycles. The van der Waals surface area contributed by atoms with E-state index in [1.807, 2.05) is 6.92 Å². The Hall–Kier alpha value is -0.0900. The standard InChI is InChI=1S/C10H23NO2S/c1-4-5-6-7-8-11-10(2)9-14(3,12)13/h10-11H,4-9H2,1-3H3. The fraction of sp³-hybridized carbons (Fsp3) is 1.00. The van der Waals surface area contributed by atoms with Gasteiger partial charge in [-0.25, -0.2) is 8.42 Å². The zero-order chi connectivity index (χ0) is 11.0. The molecule has 0 bridgehead atoms. The molecule has 0 aromatic carbocycles. The summed E-state index contributed by atoms with van der Waals surface area (Å²) in [6, 6.07) is 0.0756. The molecule has 0 aromatic heterocycles. The number of unbranched alkanes of at least 4 members (excludes halogenated alkanes) is 3. The third kappa shape index (κ3) is 9.99. The summed E-state index contributed by atoms with van der Waals surface area (Å²) in [5.74, 6) is 0.237. The third-order valence-electron chi connectivity index (χ3n) is 2.08. The average Bonchev–Trinajstić information content (AvgIpc) is 2.00. The molecule has 1 N–H and O–H groups in total. The summed E-state index contributed by atoms with van der Waals surface area (Å²) in [6.45, 7) is 5.03. The van der Waals surface area contributed by atoms with Crippen molar-refractivity contribution in [1.29, 1.82) is 0 Å². The first-order valence-corrected chi connectivity index (χ1v) is 7.43. The minimum absolute atomic E-state index is 0.0756. The van der Waals surface area contributed by atoms with Crippen molar-refractivity contribution in [1.82, 2.24) is 5.32 Å². The van der Waals surface area contributed by atoms with Crippen LogP contribution in [0.5, 0.6) is 0 Å². The summed E-state index contributed by atoms with van der Waals surface area (Å²) in [5, 5.41) is 3.22. The van der Waals surface area contributed by atoms with Gasteiger partial charge in [-0.15, -0.1) is 0 Å². The largest absolute Gasteiger partial charge is 0.313 e. The SMILES string of the molecule is CCCCCCNC(C)CS(C)(=O)=O. The fourth-order valence-electron chi connectivity index (χ4n) is 1.41. The van der Waals surface area contributed by atoms with E-state index in [9.17, 15) is 8.42 Å². The lowest BCUT2D eigenvalue weighted by Gasteiger charge is -2.12. The van der Waals surface area contributed by atoms with Crippen LogP contribution in [0.3, 0.4) is 0 Å². The van der Waals surface area contributed by atoms with E-state index >= 15 is 0 Å². The summed E-state index contributed by atoms with van der Waals surface area (Å²) in [7, 11) is -2.83. The van der Waals surface area contributed by atoms with E-state index in [4.69, 9.17) is 0 Å². The van der Waals surface area contributed by atoms with Crippen LogP contribution >= 0.6 is 0 Å². The van der Waals surface area contributed by atoms with Crippen molar-refractivity contribution in [2.24, 2.45) is 0 Å². The predicted molar refractivity (Wildman–Crippen MR) is 61.3 cm³/mol. The van der Waals surface area contributed by atoms with E-state index in [-0.39, 0.29) is 11.8 Å². The molecule has 0 aliphatic rings. The molecule has 3 nitrogen and oxygen atoms in total. The number of hydrogen-bond acceptors (Lipinski definition) is 3. The average molecular weight is 221 g/mol. The van der Waals surface area contributed by atoms with E-state index in [0.29, 0.717) is 0 Å². The molecule has 0 heterocycles. The summed E-state index contributed by atoms with van der Waals surface area (Å²) in [5.41, 5.74) is 0. The molecule has 4 heteroatoms. The van der Waals surface area contributed by atoms with Crippen LogP contribution in [0.2, 0.25) is 0 Å². The predicted octanol–water partition coefficient (Wildman–Crippen LogP) is 1.59. The van der Waals surface area contributed by atoms with Gasteiger partial charge in [0.2, 0.25) is 0 Å². The van der Waals surface area contributed by atoms with E-state index in [2.05, 4.69) is 12.2 Å². The van der Waals surface area contributed by atoms with Gasteiger partial charge in [0.15, 0.2) is 0 Å². The van der Waals surface area contributed by atoms with Gasteiger partial charge in [0.25, 0.3) is 0 Å². The van der Waals surface area contributed by atoms with Crippen LogP contribution < -0.4 is 5.32 Å². The number of nitrogens with one attached hydrogen (secondary N) is 1. The molecule has 0 aliphatic heterocycles. The molecular formula is C10H23NO2S. The Kier molecular flexibility index (Phi) is 7.19. The molecule has 0 fully saturated rings. The van der Waals surface area contributed by atoms with E-state index in [1.165, 1.54) is 25.5 Å². The zero-order valence-corrected chi connectivity index (χ0v) is 10.4. The smallest absolute Gasteiger partial charge is 0.148 e. The summed E-state index contributed by atoms with van der Waals surface area (Å²) in [4.78, 5) is 0. The molecule has 14 heavy (non-hydrogen) atoms. The van der Waals surface area contributed by atoms with Gasteiger partial charge in [-0.05, 0) is 19.9 Å². The maximum Gasteiger partial charge on any atom is 0.148 e. The van der Waals surface area contributed by atoms with E-state index in [0.717, 1.165) is 13.0 Å². The van der Waals surface area contributed by atoms with Crippen LogP contribution in [0.4, 0.5) is 0 Å². The molecular weight excluding hydrogens is 198 g/mol. The maximum atomic E-state index is 10.9. The topological polar surface area (TPSA) is 46.2 Å². The van der Waals surface area contributed by atoms with Crippen molar-refractivity contribution in [3.8, 4) is 0 Å². The van der Waals surface area contributed by atoms with Gasteiger partial charge in [0, 0.05) is 12.3 Å². The van der Waals surface area contributed by atoms with Crippen molar-refractivity contribution >= 4 is 9.84 Å². The molecule has 0 amide bonds. The lowest BCUT2D eigenvalue weighted by atomic mass is 10.2. The monoisotopic (exact) mass is 221 g/mol. The molecule has 1 unspecified atom stereocenters. The highest BCUT2D eigenvalue weighted by Crippen LogP contribution is 1.98. The first-order valence-electron chi connectivity index (χ1n) is 5.37. The van der Waals surface area contributed by atoms with Gasteiger partial charge in [-0.1, -0.05) is 26.2 Å². The van der Waals surface area contributed by atoms with E-state index in [1.54, 1.807) is 0 Å². The third-order valence-corrected chi connectivity index (χ3v) is 3.18. The Morgan fingerprint density at radius 2 is 1.86 bits per heavy atom. The molecule has 0 spiro atoms. The Labute approximate surface area is 88.2 Å².